The zero-order chi connectivity index (χ0) is 9.97. The lowest BCUT2D eigenvalue weighted by molar-refractivity contribution is 0.400. The van der Waals surface area contributed by atoms with Crippen LogP contribution in [0.5, 0.6) is 5.88 Å². The molecule has 0 aliphatic heterocycles. The Balaban J connectivity index is 2.31. The Morgan fingerprint density at radius 3 is 2.93 bits per heavy atom. The summed E-state index contributed by atoms with van der Waals surface area (Å²) in [7, 11) is 0. The fourth-order valence-corrected chi connectivity index (χ4v) is 1.33. The van der Waals surface area contributed by atoms with Gasteiger partial charge in [-0.1, -0.05) is 31.7 Å². The van der Waals surface area contributed by atoms with E-state index in [1.54, 1.807) is 0 Å². The van der Waals surface area contributed by atoms with E-state index >= 15 is 0 Å². The van der Waals surface area contributed by atoms with Gasteiger partial charge in [-0.3, -0.25) is 0 Å². The molecule has 0 amide bonds. The fraction of sp³-hybridized carbons (Fsp3) is 0.167. The first kappa shape index (κ1) is 8.88. The van der Waals surface area contributed by atoms with Crippen LogP contribution in [0.4, 0.5) is 0 Å². The van der Waals surface area contributed by atoms with Gasteiger partial charge in [-0.15, -0.1) is 0 Å². The van der Waals surface area contributed by atoms with Gasteiger partial charge in [0.2, 0.25) is 0 Å². The minimum atomic E-state index is 0.762. The number of ether oxygens (including phenoxy) is 1. The topological polar surface area (TPSA) is 25.0 Å². The predicted molar refractivity (Wildman–Crippen MR) is 58.4 cm³/mol. The molecule has 1 heterocycles. The Morgan fingerprint density at radius 2 is 2.21 bits per heavy atom. The molecule has 0 bridgehead atoms. The number of aromatic nitrogens is 1. The molecule has 0 spiro atoms. The Hall–Kier alpha value is -1.70. The van der Waals surface area contributed by atoms with Crippen molar-refractivity contribution in [3.63, 3.8) is 0 Å². The van der Waals surface area contributed by atoms with Gasteiger partial charge in [0.25, 0.3) is 0 Å². The molecule has 1 N–H and O–H groups in total. The van der Waals surface area contributed by atoms with Crippen LogP contribution in [0.1, 0.15) is 13.3 Å². The Morgan fingerprint density at radius 1 is 1.43 bits per heavy atom. The Labute approximate surface area is 83.2 Å². The van der Waals surface area contributed by atoms with E-state index in [9.17, 15) is 0 Å². The van der Waals surface area contributed by atoms with E-state index < -0.39 is 0 Å². The van der Waals surface area contributed by atoms with Gasteiger partial charge in [-0.25, -0.2) is 0 Å². The highest BCUT2D eigenvalue weighted by atomic mass is 16.5. The highest BCUT2D eigenvalue weighted by molar-refractivity contribution is 5.81. The van der Waals surface area contributed by atoms with E-state index in [1.165, 1.54) is 0 Å². The first-order chi connectivity index (χ1) is 6.79. The average molecular weight is 187 g/mol. The molecule has 0 saturated carbocycles. The summed E-state index contributed by atoms with van der Waals surface area (Å²) in [6, 6.07) is 10.1. The number of hydrogen-bond acceptors (Lipinski definition) is 1. The van der Waals surface area contributed by atoms with Gasteiger partial charge in [0.05, 0.1) is 5.76 Å². The van der Waals surface area contributed by atoms with Gasteiger partial charge in [0.1, 0.15) is 0 Å². The van der Waals surface area contributed by atoms with Crippen LogP contribution in [-0.4, -0.2) is 4.98 Å². The molecule has 2 aromatic rings. The predicted octanol–water partition coefficient (Wildman–Crippen LogP) is 3.47. The zero-order valence-corrected chi connectivity index (χ0v) is 8.21. The van der Waals surface area contributed by atoms with Crippen molar-refractivity contribution in [2.24, 2.45) is 0 Å². The van der Waals surface area contributed by atoms with Crippen LogP contribution in [-0.2, 0) is 0 Å². The normalized spacial score (nSPS) is 10.4. The lowest BCUT2D eigenvalue weighted by Gasteiger charge is -2.02. The molecule has 0 saturated heterocycles. The third kappa shape index (κ3) is 1.64. The molecule has 2 nitrogen and oxygen atoms in total. The molecular formula is C12H13NO. The Bertz CT molecular complexity index is 423. The van der Waals surface area contributed by atoms with Gasteiger partial charge < -0.3 is 9.72 Å². The van der Waals surface area contributed by atoms with Gasteiger partial charge >= 0.3 is 0 Å². The van der Waals surface area contributed by atoms with Crippen molar-refractivity contribution < 1.29 is 4.74 Å². The van der Waals surface area contributed by atoms with Crippen LogP contribution in [0, 0.1) is 0 Å². The van der Waals surface area contributed by atoms with Crippen molar-refractivity contribution in [1.82, 2.24) is 4.98 Å². The van der Waals surface area contributed by atoms with Crippen LogP contribution >= 0.6 is 0 Å². The van der Waals surface area contributed by atoms with Crippen LogP contribution in [0.2, 0.25) is 0 Å². The highest BCUT2D eigenvalue weighted by Crippen LogP contribution is 2.21. The van der Waals surface area contributed by atoms with Crippen molar-refractivity contribution in [2.75, 3.05) is 0 Å². The van der Waals surface area contributed by atoms with Gasteiger partial charge in [0.15, 0.2) is 5.88 Å². The molecule has 2 rings (SSSR count). The summed E-state index contributed by atoms with van der Waals surface area (Å²) in [6.45, 7) is 5.82. The van der Waals surface area contributed by atoms with Crippen molar-refractivity contribution in [1.29, 1.82) is 0 Å². The lowest BCUT2D eigenvalue weighted by Crippen LogP contribution is -1.90. The maximum absolute atomic E-state index is 5.50. The fourth-order valence-electron chi connectivity index (χ4n) is 1.33. The number of allylic oxidation sites excluding steroid dienone is 1. The molecule has 0 atom stereocenters. The first-order valence-corrected chi connectivity index (χ1v) is 4.73. The summed E-state index contributed by atoms with van der Waals surface area (Å²) < 4.78 is 5.50. The van der Waals surface area contributed by atoms with Gasteiger partial charge in [0, 0.05) is 23.4 Å². The minimum absolute atomic E-state index is 0.762. The van der Waals surface area contributed by atoms with Crippen LogP contribution in [0.3, 0.4) is 0 Å². The number of aromatic amines is 1. The van der Waals surface area contributed by atoms with Crippen LogP contribution in [0.25, 0.3) is 10.9 Å². The van der Waals surface area contributed by atoms with Crippen LogP contribution in [0.15, 0.2) is 42.7 Å². The third-order valence-electron chi connectivity index (χ3n) is 2.15. The lowest BCUT2D eigenvalue weighted by atomic mass is 10.3. The molecule has 0 unspecified atom stereocenters. The van der Waals surface area contributed by atoms with E-state index in [0.717, 1.165) is 29.0 Å². The summed E-state index contributed by atoms with van der Waals surface area (Å²) in [5.41, 5.74) is 1.09. The number of benzene rings is 1. The van der Waals surface area contributed by atoms with Gasteiger partial charge in [-0.05, 0) is 6.07 Å². The van der Waals surface area contributed by atoms with Crippen molar-refractivity contribution in [3.05, 3.63) is 42.7 Å². The second-order valence-corrected chi connectivity index (χ2v) is 3.22. The second kappa shape index (κ2) is 3.58. The highest BCUT2D eigenvalue weighted by Gasteiger charge is 2.01. The van der Waals surface area contributed by atoms with E-state index in [0.29, 0.717) is 0 Å². The number of nitrogens with one attached hydrogen (secondary N) is 1. The number of fused-ring (bicyclic) bond motifs is 1. The van der Waals surface area contributed by atoms with E-state index in [2.05, 4.69) is 11.6 Å². The van der Waals surface area contributed by atoms with E-state index in [-0.39, 0.29) is 0 Å². The maximum Gasteiger partial charge on any atom is 0.197 e. The molecule has 0 aliphatic carbocycles. The van der Waals surface area contributed by atoms with E-state index in [4.69, 9.17) is 4.74 Å². The number of para-hydroxylation sites is 1. The summed E-state index contributed by atoms with van der Waals surface area (Å²) in [4.78, 5) is 3.18. The quantitative estimate of drug-likeness (QED) is 0.731. The van der Waals surface area contributed by atoms with Crippen molar-refractivity contribution in [3.8, 4) is 5.88 Å². The SMILES string of the molecule is C=C(CC)Oc1cc2ccccc2[nH]1. The summed E-state index contributed by atoms with van der Waals surface area (Å²) in [5.74, 6) is 1.54. The summed E-state index contributed by atoms with van der Waals surface area (Å²) in [6.07, 6.45) is 0.829. The molecular weight excluding hydrogens is 174 g/mol. The third-order valence-corrected chi connectivity index (χ3v) is 2.15. The van der Waals surface area contributed by atoms with E-state index in [1.807, 2.05) is 37.3 Å². The molecule has 14 heavy (non-hydrogen) atoms. The number of H-pyrrole nitrogens is 1. The molecule has 0 fully saturated rings. The monoisotopic (exact) mass is 187 g/mol. The maximum atomic E-state index is 5.50. The number of hydrogen-bond donors (Lipinski definition) is 1. The zero-order valence-electron chi connectivity index (χ0n) is 8.21. The summed E-state index contributed by atoms with van der Waals surface area (Å²) >= 11 is 0. The molecule has 2 heteroatoms. The average Bonchev–Trinajstić information content (AvgIpc) is 2.59. The summed E-state index contributed by atoms with van der Waals surface area (Å²) in [5, 5.41) is 1.16. The first-order valence-electron chi connectivity index (χ1n) is 4.73. The largest absolute Gasteiger partial charge is 0.446 e. The standard InChI is InChI=1S/C12H13NO/c1-3-9(2)14-12-8-10-6-4-5-7-11(10)13-12/h4-8,13H,2-3H2,1H3. The minimum Gasteiger partial charge on any atom is -0.446 e. The number of rotatable bonds is 3. The smallest absolute Gasteiger partial charge is 0.197 e. The van der Waals surface area contributed by atoms with Crippen molar-refractivity contribution >= 4 is 10.9 Å². The molecule has 0 aliphatic rings. The molecule has 72 valence electrons. The Kier molecular flexibility index (Phi) is 2.27. The molecule has 1 aromatic carbocycles. The molecule has 1 aromatic heterocycles. The molecule has 0 radical (unpaired) electrons. The second-order valence-electron chi connectivity index (χ2n) is 3.22. The van der Waals surface area contributed by atoms with Crippen molar-refractivity contribution in [2.45, 2.75) is 13.3 Å². The van der Waals surface area contributed by atoms with Gasteiger partial charge in [-0.2, -0.15) is 0 Å². The van der Waals surface area contributed by atoms with Crippen LogP contribution < -0.4 is 4.74 Å².